The summed E-state index contributed by atoms with van der Waals surface area (Å²) in [4.78, 5) is 28.2. The zero-order valence-electron chi connectivity index (χ0n) is 20.7. The van der Waals surface area contributed by atoms with Crippen molar-refractivity contribution in [3.05, 3.63) is 94.6 Å². The van der Waals surface area contributed by atoms with E-state index in [-0.39, 0.29) is 17.4 Å². The Kier molecular flexibility index (Phi) is 6.27. The zero-order chi connectivity index (χ0) is 25.4. The van der Waals surface area contributed by atoms with Crippen LogP contribution in [0.15, 0.2) is 72.3 Å². The molecule has 1 N–H and O–H groups in total. The van der Waals surface area contributed by atoms with Gasteiger partial charge in [-0.1, -0.05) is 31.2 Å². The molecule has 1 fully saturated rings. The van der Waals surface area contributed by atoms with E-state index in [9.17, 15) is 14.7 Å². The first-order chi connectivity index (χ1) is 17.4. The number of aryl methyl sites for hydroxylation is 1. The third kappa shape index (κ3) is 4.24. The van der Waals surface area contributed by atoms with Gasteiger partial charge in [-0.15, -0.1) is 0 Å². The summed E-state index contributed by atoms with van der Waals surface area (Å²) in [5.41, 5.74) is 3.99. The normalized spacial score (nSPS) is 18.4. The molecular formula is C30H29NO5. The lowest BCUT2D eigenvalue weighted by atomic mass is 9.93. The molecule has 3 aromatic rings. The molecule has 0 bridgehead atoms. The minimum atomic E-state index is -0.766. The molecule has 0 saturated carbocycles. The van der Waals surface area contributed by atoms with Gasteiger partial charge in [0.2, 0.25) is 0 Å². The van der Waals surface area contributed by atoms with E-state index in [4.69, 9.17) is 9.47 Å². The van der Waals surface area contributed by atoms with E-state index < -0.39 is 17.7 Å². The molecule has 2 heterocycles. The Morgan fingerprint density at radius 3 is 2.44 bits per heavy atom. The van der Waals surface area contributed by atoms with Crippen LogP contribution < -0.4 is 14.4 Å². The number of carbonyl (C=O) groups excluding carboxylic acids is 2. The number of ketones is 1. The molecule has 3 aromatic carbocycles. The molecule has 1 saturated heterocycles. The quantitative estimate of drug-likeness (QED) is 0.281. The average molecular weight is 484 g/mol. The molecule has 1 amide bonds. The Bertz CT molecular complexity index is 1340. The van der Waals surface area contributed by atoms with Crippen molar-refractivity contribution in [2.24, 2.45) is 0 Å². The number of nitrogens with zero attached hydrogens (tertiary/aromatic N) is 1. The number of carbonyl (C=O) groups is 2. The number of fused-ring (bicyclic) bond motifs is 1. The van der Waals surface area contributed by atoms with Gasteiger partial charge in [0.25, 0.3) is 11.7 Å². The second kappa shape index (κ2) is 9.53. The van der Waals surface area contributed by atoms with Gasteiger partial charge in [0, 0.05) is 17.7 Å². The maximum Gasteiger partial charge on any atom is 0.300 e. The Balaban J connectivity index is 1.63. The van der Waals surface area contributed by atoms with E-state index in [1.165, 1.54) is 4.90 Å². The molecule has 6 heteroatoms. The fraction of sp³-hybridized carbons (Fsp3) is 0.267. The van der Waals surface area contributed by atoms with Crippen LogP contribution in [0.4, 0.5) is 5.69 Å². The molecule has 2 aliphatic rings. The van der Waals surface area contributed by atoms with E-state index in [0.29, 0.717) is 23.6 Å². The zero-order valence-corrected chi connectivity index (χ0v) is 20.7. The summed E-state index contributed by atoms with van der Waals surface area (Å²) in [6, 6.07) is 19.5. The van der Waals surface area contributed by atoms with Crippen molar-refractivity contribution in [1.29, 1.82) is 0 Å². The molecule has 6 nitrogen and oxygen atoms in total. The van der Waals surface area contributed by atoms with Gasteiger partial charge in [0.1, 0.15) is 17.3 Å². The van der Waals surface area contributed by atoms with Gasteiger partial charge in [-0.3, -0.25) is 14.5 Å². The highest BCUT2D eigenvalue weighted by Crippen LogP contribution is 2.43. The van der Waals surface area contributed by atoms with Gasteiger partial charge in [-0.25, -0.2) is 0 Å². The average Bonchev–Trinajstić information content (AvgIpc) is 3.46. The van der Waals surface area contributed by atoms with Gasteiger partial charge in [0.05, 0.1) is 24.3 Å². The minimum Gasteiger partial charge on any atom is -0.507 e. The fourth-order valence-corrected chi connectivity index (χ4v) is 4.80. The molecule has 0 aliphatic carbocycles. The summed E-state index contributed by atoms with van der Waals surface area (Å²) in [7, 11) is 0. The Morgan fingerprint density at radius 1 is 1.06 bits per heavy atom. The lowest BCUT2D eigenvalue weighted by Crippen LogP contribution is -2.29. The molecular weight excluding hydrogens is 454 g/mol. The third-order valence-electron chi connectivity index (χ3n) is 6.60. The number of aliphatic hydroxyl groups is 1. The van der Waals surface area contributed by atoms with Crippen molar-refractivity contribution >= 4 is 23.1 Å². The number of anilines is 1. The van der Waals surface area contributed by atoms with Crippen molar-refractivity contribution in [1.82, 2.24) is 0 Å². The van der Waals surface area contributed by atoms with Crippen LogP contribution in [0.5, 0.6) is 11.5 Å². The topological polar surface area (TPSA) is 76.1 Å². The molecule has 0 radical (unpaired) electrons. The number of amides is 1. The highest BCUT2D eigenvalue weighted by atomic mass is 16.5. The molecule has 0 aromatic heterocycles. The van der Waals surface area contributed by atoms with E-state index in [0.717, 1.165) is 35.3 Å². The number of hydrogen-bond donors (Lipinski definition) is 1. The lowest BCUT2D eigenvalue weighted by Gasteiger charge is -2.26. The third-order valence-corrected chi connectivity index (χ3v) is 6.60. The van der Waals surface area contributed by atoms with E-state index in [2.05, 4.69) is 6.92 Å². The van der Waals surface area contributed by atoms with Gasteiger partial charge < -0.3 is 14.6 Å². The second-order valence-corrected chi connectivity index (χ2v) is 9.35. The Hall–Kier alpha value is -4.06. The van der Waals surface area contributed by atoms with Gasteiger partial charge in [-0.2, -0.15) is 0 Å². The van der Waals surface area contributed by atoms with Crippen LogP contribution in [-0.2, 0) is 22.4 Å². The predicted molar refractivity (Wildman–Crippen MR) is 138 cm³/mol. The summed E-state index contributed by atoms with van der Waals surface area (Å²) in [5, 5.41) is 11.4. The summed E-state index contributed by atoms with van der Waals surface area (Å²) in [6.45, 7) is 6.54. The summed E-state index contributed by atoms with van der Waals surface area (Å²) < 4.78 is 11.3. The maximum absolute atomic E-state index is 13.4. The first kappa shape index (κ1) is 23.7. The van der Waals surface area contributed by atoms with Crippen molar-refractivity contribution in [3.63, 3.8) is 0 Å². The molecule has 1 unspecified atom stereocenters. The smallest absolute Gasteiger partial charge is 0.300 e. The SMILES string of the molecule is CCc1ccc(C2/C(=C(/O)c3ccc4c(c3)CCO4)C(=O)C(=O)N2c2ccc(OC(C)C)cc2)cc1. The summed E-state index contributed by atoms with van der Waals surface area (Å²) in [5.74, 6) is -0.119. The summed E-state index contributed by atoms with van der Waals surface area (Å²) >= 11 is 0. The van der Waals surface area contributed by atoms with Crippen molar-refractivity contribution in [3.8, 4) is 11.5 Å². The molecule has 36 heavy (non-hydrogen) atoms. The predicted octanol–water partition coefficient (Wildman–Crippen LogP) is 5.60. The minimum absolute atomic E-state index is 0.0138. The largest absolute Gasteiger partial charge is 0.507 e. The van der Waals surface area contributed by atoms with Gasteiger partial charge in [0.15, 0.2) is 0 Å². The number of rotatable bonds is 6. The second-order valence-electron chi connectivity index (χ2n) is 9.35. The first-order valence-corrected chi connectivity index (χ1v) is 12.3. The number of benzene rings is 3. The molecule has 2 aliphatic heterocycles. The number of aliphatic hydroxyl groups excluding tert-OH is 1. The van der Waals surface area contributed by atoms with Crippen molar-refractivity contribution in [2.45, 2.75) is 45.8 Å². The van der Waals surface area contributed by atoms with E-state index in [1.54, 1.807) is 36.4 Å². The highest BCUT2D eigenvalue weighted by molar-refractivity contribution is 6.51. The van der Waals surface area contributed by atoms with Crippen LogP contribution in [0.2, 0.25) is 0 Å². The van der Waals surface area contributed by atoms with Gasteiger partial charge in [-0.05, 0) is 79.4 Å². The van der Waals surface area contributed by atoms with Crippen LogP contribution >= 0.6 is 0 Å². The molecule has 1 atom stereocenters. The highest BCUT2D eigenvalue weighted by Gasteiger charge is 2.47. The van der Waals surface area contributed by atoms with Crippen LogP contribution in [0, 0.1) is 0 Å². The standard InChI is InChI=1S/C30H29NO5/c1-4-19-5-7-20(8-6-19)27-26(28(32)22-9-14-25-21(17-22)15-16-35-25)29(33)30(34)31(27)23-10-12-24(13-11-23)36-18(2)3/h5-14,17-18,27,32H,4,15-16H2,1-3H3/b28-26-. The fourth-order valence-electron chi connectivity index (χ4n) is 4.80. The Morgan fingerprint density at radius 2 is 1.78 bits per heavy atom. The molecule has 0 spiro atoms. The number of hydrogen-bond acceptors (Lipinski definition) is 5. The van der Waals surface area contributed by atoms with Crippen LogP contribution in [-0.4, -0.2) is 29.5 Å². The van der Waals surface area contributed by atoms with Crippen LogP contribution in [0.1, 0.15) is 49.1 Å². The molecule has 184 valence electrons. The number of ether oxygens (including phenoxy) is 2. The van der Waals surface area contributed by atoms with Crippen LogP contribution in [0.25, 0.3) is 5.76 Å². The van der Waals surface area contributed by atoms with Crippen molar-refractivity contribution in [2.75, 3.05) is 11.5 Å². The van der Waals surface area contributed by atoms with E-state index >= 15 is 0 Å². The first-order valence-electron chi connectivity index (χ1n) is 12.3. The monoisotopic (exact) mass is 483 g/mol. The van der Waals surface area contributed by atoms with Crippen LogP contribution in [0.3, 0.4) is 0 Å². The van der Waals surface area contributed by atoms with E-state index in [1.807, 2.05) is 44.2 Å². The van der Waals surface area contributed by atoms with Crippen molar-refractivity contribution < 1.29 is 24.2 Å². The lowest BCUT2D eigenvalue weighted by molar-refractivity contribution is -0.132. The maximum atomic E-state index is 13.4. The summed E-state index contributed by atoms with van der Waals surface area (Å²) in [6.07, 6.45) is 1.62. The van der Waals surface area contributed by atoms with Gasteiger partial charge >= 0.3 is 0 Å². The molecule has 5 rings (SSSR count). The Labute approximate surface area is 210 Å². The number of Topliss-reactive ketones (excluding diaryl/α,β-unsaturated/α-hetero) is 1.